The second kappa shape index (κ2) is 10.8. The number of hydrogen-bond donors (Lipinski definition) is 3. The molecule has 3 aromatic carbocycles. The maximum atomic E-state index is 13.7. The van der Waals surface area contributed by atoms with Gasteiger partial charge in [-0.2, -0.15) is 0 Å². The summed E-state index contributed by atoms with van der Waals surface area (Å²) in [5, 5.41) is 8.81. The third-order valence-corrected chi connectivity index (χ3v) is 7.85. The van der Waals surface area contributed by atoms with Gasteiger partial charge in [0.05, 0.1) is 22.7 Å². The number of sulfonamides is 1. The van der Waals surface area contributed by atoms with E-state index in [2.05, 4.69) is 16.0 Å². The van der Waals surface area contributed by atoms with Crippen LogP contribution in [0.5, 0.6) is 0 Å². The molecule has 0 saturated heterocycles. The number of benzene rings is 3. The zero-order chi connectivity index (χ0) is 25.7. The van der Waals surface area contributed by atoms with Crippen LogP contribution >= 0.6 is 0 Å². The molecule has 0 aliphatic carbocycles. The van der Waals surface area contributed by atoms with Gasteiger partial charge in [0.1, 0.15) is 6.04 Å². The number of para-hydroxylation sites is 2. The highest BCUT2D eigenvalue weighted by Crippen LogP contribution is 2.37. The number of anilines is 3. The third-order valence-electron chi connectivity index (χ3n) is 6.01. The first-order valence-electron chi connectivity index (χ1n) is 11.9. The molecule has 1 atom stereocenters. The molecule has 4 rings (SSSR count). The summed E-state index contributed by atoms with van der Waals surface area (Å²) >= 11 is 0. The lowest BCUT2D eigenvalue weighted by Gasteiger charge is -2.36. The minimum Gasteiger partial charge on any atom is -0.385 e. The number of amides is 2. The first-order chi connectivity index (χ1) is 17.3. The van der Waals surface area contributed by atoms with Gasteiger partial charge in [-0.05, 0) is 62.2 Å². The van der Waals surface area contributed by atoms with Gasteiger partial charge in [-0.25, -0.2) is 8.42 Å². The van der Waals surface area contributed by atoms with Crippen molar-refractivity contribution in [3.63, 3.8) is 0 Å². The Morgan fingerprint density at radius 1 is 1.00 bits per heavy atom. The molecule has 1 aliphatic rings. The third kappa shape index (κ3) is 5.52. The van der Waals surface area contributed by atoms with Crippen LogP contribution in [-0.4, -0.2) is 39.4 Å². The Bertz CT molecular complexity index is 1340. The molecule has 0 saturated carbocycles. The van der Waals surface area contributed by atoms with Crippen LogP contribution in [0.3, 0.4) is 0 Å². The SMILES string of the molecule is CCNc1ccc(CCNC(=O)CC2C(=O)Nc3ccccc3N2S(=O)(=O)c2ccc(C)cc2)cc1. The van der Waals surface area contributed by atoms with Crippen molar-refractivity contribution in [3.05, 3.63) is 83.9 Å². The van der Waals surface area contributed by atoms with Crippen LogP contribution in [0.15, 0.2) is 77.7 Å². The van der Waals surface area contributed by atoms with Crippen LogP contribution in [0.25, 0.3) is 0 Å². The first kappa shape index (κ1) is 25.2. The summed E-state index contributed by atoms with van der Waals surface area (Å²) in [4.78, 5) is 25.9. The number of nitrogens with zero attached hydrogens (tertiary/aromatic N) is 1. The summed E-state index contributed by atoms with van der Waals surface area (Å²) < 4.78 is 28.4. The molecule has 36 heavy (non-hydrogen) atoms. The molecule has 3 aromatic rings. The highest BCUT2D eigenvalue weighted by molar-refractivity contribution is 7.93. The predicted molar refractivity (Wildman–Crippen MR) is 142 cm³/mol. The van der Waals surface area contributed by atoms with Crippen molar-refractivity contribution in [1.82, 2.24) is 5.32 Å². The van der Waals surface area contributed by atoms with E-state index in [0.717, 1.165) is 27.7 Å². The van der Waals surface area contributed by atoms with Gasteiger partial charge in [-0.3, -0.25) is 13.9 Å². The second-order valence-electron chi connectivity index (χ2n) is 8.67. The van der Waals surface area contributed by atoms with Crippen molar-refractivity contribution in [2.24, 2.45) is 0 Å². The van der Waals surface area contributed by atoms with E-state index < -0.39 is 27.9 Å². The molecule has 1 heterocycles. The van der Waals surface area contributed by atoms with Crippen molar-refractivity contribution in [1.29, 1.82) is 0 Å². The largest absolute Gasteiger partial charge is 0.385 e. The van der Waals surface area contributed by atoms with Crippen molar-refractivity contribution in [2.45, 2.75) is 37.6 Å². The summed E-state index contributed by atoms with van der Waals surface area (Å²) in [6.07, 6.45) is 0.313. The molecule has 0 spiro atoms. The second-order valence-corrected chi connectivity index (χ2v) is 10.5. The van der Waals surface area contributed by atoms with Crippen LogP contribution in [0, 0.1) is 6.92 Å². The number of nitrogens with one attached hydrogen (secondary N) is 3. The molecule has 0 fully saturated rings. The van der Waals surface area contributed by atoms with E-state index in [1.807, 2.05) is 38.1 Å². The molecule has 9 heteroatoms. The van der Waals surface area contributed by atoms with Gasteiger partial charge < -0.3 is 16.0 Å². The lowest BCUT2D eigenvalue weighted by molar-refractivity contribution is -0.125. The summed E-state index contributed by atoms with van der Waals surface area (Å²) in [5.74, 6) is -0.943. The van der Waals surface area contributed by atoms with Gasteiger partial charge in [-0.1, -0.05) is 42.0 Å². The van der Waals surface area contributed by atoms with E-state index in [9.17, 15) is 18.0 Å². The summed E-state index contributed by atoms with van der Waals surface area (Å²) in [5.41, 5.74) is 3.72. The summed E-state index contributed by atoms with van der Waals surface area (Å²) in [6, 6.07) is 19.9. The van der Waals surface area contributed by atoms with E-state index in [1.165, 1.54) is 12.1 Å². The Hall–Kier alpha value is -3.85. The molecule has 1 aliphatic heterocycles. The molecule has 3 N–H and O–H groups in total. The zero-order valence-corrected chi connectivity index (χ0v) is 21.1. The van der Waals surface area contributed by atoms with Crippen LogP contribution in [0.4, 0.5) is 17.1 Å². The Morgan fingerprint density at radius 2 is 1.69 bits per heavy atom. The minimum absolute atomic E-state index is 0.0593. The molecule has 0 bridgehead atoms. The van der Waals surface area contributed by atoms with Crippen LogP contribution in [-0.2, 0) is 26.0 Å². The zero-order valence-electron chi connectivity index (χ0n) is 20.3. The standard InChI is InChI=1S/C27H30N4O4S/c1-3-28-21-12-10-20(11-13-21)16-17-29-26(32)18-25-27(33)30-23-6-4-5-7-24(23)31(25)36(34,35)22-14-8-19(2)9-15-22/h4-15,25,28H,3,16-18H2,1-2H3,(H,29,32)(H,30,33). The number of fused-ring (bicyclic) bond motifs is 1. The molecule has 0 radical (unpaired) electrons. The van der Waals surface area contributed by atoms with Crippen LogP contribution in [0.1, 0.15) is 24.5 Å². The fourth-order valence-corrected chi connectivity index (χ4v) is 5.78. The van der Waals surface area contributed by atoms with E-state index in [1.54, 1.807) is 36.4 Å². The van der Waals surface area contributed by atoms with Crippen molar-refractivity contribution >= 4 is 38.9 Å². The number of carbonyl (C=O) groups excluding carboxylic acids is 2. The summed E-state index contributed by atoms with van der Waals surface area (Å²) in [6.45, 7) is 5.10. The van der Waals surface area contributed by atoms with Gasteiger partial charge >= 0.3 is 0 Å². The quantitative estimate of drug-likeness (QED) is 0.410. The Labute approximate surface area is 211 Å². The molecule has 1 unspecified atom stereocenters. The van der Waals surface area contributed by atoms with Crippen LogP contribution < -0.4 is 20.3 Å². The Kier molecular flexibility index (Phi) is 7.59. The number of carbonyl (C=O) groups is 2. The average Bonchev–Trinajstić information content (AvgIpc) is 2.86. The maximum Gasteiger partial charge on any atom is 0.265 e. The van der Waals surface area contributed by atoms with Crippen LogP contribution in [0.2, 0.25) is 0 Å². The molecular weight excluding hydrogens is 476 g/mol. The summed E-state index contributed by atoms with van der Waals surface area (Å²) in [7, 11) is -4.11. The first-order valence-corrected chi connectivity index (χ1v) is 13.3. The number of hydrogen-bond acceptors (Lipinski definition) is 5. The lowest BCUT2D eigenvalue weighted by atomic mass is 10.1. The Balaban J connectivity index is 1.51. The fourth-order valence-electron chi connectivity index (χ4n) is 4.15. The molecule has 0 aromatic heterocycles. The molecule has 188 valence electrons. The van der Waals surface area contributed by atoms with E-state index in [0.29, 0.717) is 24.3 Å². The number of rotatable bonds is 9. The lowest BCUT2D eigenvalue weighted by Crippen LogP contribution is -2.52. The van der Waals surface area contributed by atoms with Gasteiger partial charge in [0.15, 0.2) is 0 Å². The predicted octanol–water partition coefficient (Wildman–Crippen LogP) is 3.69. The van der Waals surface area contributed by atoms with Gasteiger partial charge in [0.2, 0.25) is 11.8 Å². The molecule has 2 amide bonds. The average molecular weight is 507 g/mol. The van der Waals surface area contributed by atoms with E-state index in [4.69, 9.17) is 0 Å². The smallest absolute Gasteiger partial charge is 0.265 e. The Morgan fingerprint density at radius 3 is 2.39 bits per heavy atom. The monoisotopic (exact) mass is 506 g/mol. The molecular formula is C27H30N4O4S. The highest BCUT2D eigenvalue weighted by Gasteiger charge is 2.41. The fraction of sp³-hybridized carbons (Fsp3) is 0.259. The number of aryl methyl sites for hydroxylation is 1. The van der Waals surface area contributed by atoms with E-state index >= 15 is 0 Å². The maximum absolute atomic E-state index is 13.7. The van der Waals surface area contributed by atoms with Gasteiger partial charge in [0, 0.05) is 18.8 Å². The molecule has 8 nitrogen and oxygen atoms in total. The minimum atomic E-state index is -4.11. The van der Waals surface area contributed by atoms with Gasteiger partial charge in [0.25, 0.3) is 10.0 Å². The highest BCUT2D eigenvalue weighted by atomic mass is 32.2. The van der Waals surface area contributed by atoms with Crippen molar-refractivity contribution in [2.75, 3.05) is 28.0 Å². The normalized spacial score (nSPS) is 15.1. The van der Waals surface area contributed by atoms with Crippen molar-refractivity contribution < 1.29 is 18.0 Å². The van der Waals surface area contributed by atoms with Crippen molar-refractivity contribution in [3.8, 4) is 0 Å². The topological polar surface area (TPSA) is 108 Å². The van der Waals surface area contributed by atoms with E-state index in [-0.39, 0.29) is 11.3 Å². The van der Waals surface area contributed by atoms with Gasteiger partial charge in [-0.15, -0.1) is 0 Å².